The Balaban J connectivity index is 2.61. The molecule has 1 aromatic rings. The van der Waals surface area contributed by atoms with Crippen LogP contribution in [0.1, 0.15) is 38.2 Å². The Bertz CT molecular complexity index is 447. The summed E-state index contributed by atoms with van der Waals surface area (Å²) in [6.45, 7) is 6.84. The largest absolute Gasteiger partial charge is 0.444 e. The van der Waals surface area contributed by atoms with Gasteiger partial charge in [0.25, 0.3) is 0 Å². The first-order chi connectivity index (χ1) is 8.20. The maximum Gasteiger partial charge on any atom is 0.408 e. The van der Waals surface area contributed by atoms with Crippen LogP contribution in [-0.4, -0.2) is 38.5 Å². The number of aromatic nitrogens is 3. The summed E-state index contributed by atoms with van der Waals surface area (Å²) in [6, 6.07) is -0.697. The third kappa shape index (κ3) is 3.83. The first kappa shape index (κ1) is 14.1. The lowest BCUT2D eigenvalue weighted by Gasteiger charge is -2.21. The molecule has 0 saturated carbocycles. The zero-order chi connectivity index (χ0) is 13.9. The monoisotopic (exact) mass is 254 g/mol. The predicted molar refractivity (Wildman–Crippen MR) is 64.2 cm³/mol. The van der Waals surface area contributed by atoms with E-state index in [0.29, 0.717) is 5.69 Å². The molecule has 1 heterocycles. The maximum atomic E-state index is 12.0. The van der Waals surface area contributed by atoms with Crippen molar-refractivity contribution >= 4 is 11.9 Å². The zero-order valence-corrected chi connectivity index (χ0v) is 11.2. The van der Waals surface area contributed by atoms with Crippen LogP contribution in [0.2, 0.25) is 0 Å². The lowest BCUT2D eigenvalue weighted by molar-refractivity contribution is 0.0496. The number of aryl methyl sites for hydroxylation is 1. The molecule has 7 nitrogen and oxygen atoms in total. The van der Waals surface area contributed by atoms with E-state index in [4.69, 9.17) is 4.74 Å². The lowest BCUT2D eigenvalue weighted by atomic mass is 10.1. The van der Waals surface area contributed by atoms with Crippen molar-refractivity contribution in [3.8, 4) is 0 Å². The van der Waals surface area contributed by atoms with Gasteiger partial charge in [0.2, 0.25) is 5.78 Å². The Morgan fingerprint density at radius 1 is 1.44 bits per heavy atom. The van der Waals surface area contributed by atoms with Gasteiger partial charge >= 0.3 is 6.09 Å². The number of carbonyl (C=O) groups excluding carboxylic acids is 2. The Hall–Kier alpha value is -1.92. The van der Waals surface area contributed by atoms with Crippen LogP contribution in [0, 0.1) is 0 Å². The van der Waals surface area contributed by atoms with E-state index in [1.54, 1.807) is 34.7 Å². The van der Waals surface area contributed by atoms with Crippen molar-refractivity contribution in [2.45, 2.75) is 39.3 Å². The number of nitrogens with zero attached hydrogens (tertiary/aromatic N) is 3. The van der Waals surface area contributed by atoms with Gasteiger partial charge in [-0.3, -0.25) is 4.79 Å². The highest BCUT2D eigenvalue weighted by molar-refractivity contribution is 5.99. The van der Waals surface area contributed by atoms with Crippen LogP contribution in [0.3, 0.4) is 0 Å². The van der Waals surface area contributed by atoms with Crippen LogP contribution in [0.5, 0.6) is 0 Å². The molecule has 0 saturated heterocycles. The third-order valence-corrected chi connectivity index (χ3v) is 2.09. The molecule has 1 aromatic heterocycles. The fourth-order valence-electron chi connectivity index (χ4n) is 1.28. The number of carbonyl (C=O) groups is 2. The van der Waals surface area contributed by atoms with Crippen molar-refractivity contribution in [3.63, 3.8) is 0 Å². The molecule has 0 aliphatic rings. The minimum atomic E-state index is -0.697. The molecule has 0 aromatic carbocycles. The van der Waals surface area contributed by atoms with Crippen LogP contribution in [0.15, 0.2) is 6.20 Å². The van der Waals surface area contributed by atoms with Crippen LogP contribution in [0.4, 0.5) is 4.79 Å². The van der Waals surface area contributed by atoms with E-state index in [9.17, 15) is 9.59 Å². The second-order valence-electron chi connectivity index (χ2n) is 4.98. The predicted octanol–water partition coefficient (Wildman–Crippen LogP) is 0.911. The molecular formula is C11H18N4O3. The summed E-state index contributed by atoms with van der Waals surface area (Å²) in [4.78, 5) is 23.5. The number of alkyl carbamates (subject to hydrolysis) is 1. The van der Waals surface area contributed by atoms with Crippen molar-refractivity contribution in [1.82, 2.24) is 20.3 Å². The molecule has 0 unspecified atom stereocenters. The zero-order valence-electron chi connectivity index (χ0n) is 11.2. The molecule has 18 heavy (non-hydrogen) atoms. The maximum absolute atomic E-state index is 12.0. The summed E-state index contributed by atoms with van der Waals surface area (Å²) in [6.07, 6.45) is 0.730. The van der Waals surface area contributed by atoms with Crippen LogP contribution in [0.25, 0.3) is 0 Å². The lowest BCUT2D eigenvalue weighted by Crippen LogP contribution is -2.42. The second-order valence-corrected chi connectivity index (χ2v) is 4.98. The summed E-state index contributed by atoms with van der Waals surface area (Å²) >= 11 is 0. The van der Waals surface area contributed by atoms with Gasteiger partial charge in [-0.25, -0.2) is 9.48 Å². The minimum absolute atomic E-state index is 0.270. The minimum Gasteiger partial charge on any atom is -0.444 e. The Morgan fingerprint density at radius 2 is 2.06 bits per heavy atom. The van der Waals surface area contributed by atoms with Gasteiger partial charge < -0.3 is 10.1 Å². The molecule has 0 fully saturated rings. The molecule has 0 radical (unpaired) electrons. The van der Waals surface area contributed by atoms with Crippen LogP contribution < -0.4 is 5.32 Å². The van der Waals surface area contributed by atoms with Gasteiger partial charge in [-0.1, -0.05) is 5.21 Å². The van der Waals surface area contributed by atoms with Gasteiger partial charge in [-0.2, -0.15) is 0 Å². The number of rotatable bonds is 3. The van der Waals surface area contributed by atoms with Crippen LogP contribution >= 0.6 is 0 Å². The number of ketones is 1. The average molecular weight is 254 g/mol. The van der Waals surface area contributed by atoms with Crippen molar-refractivity contribution < 1.29 is 14.3 Å². The number of hydrogen-bond acceptors (Lipinski definition) is 5. The van der Waals surface area contributed by atoms with E-state index in [1.165, 1.54) is 10.9 Å². The molecule has 0 aliphatic carbocycles. The number of ether oxygens (including phenoxy) is 1. The Morgan fingerprint density at radius 3 is 2.50 bits per heavy atom. The third-order valence-electron chi connectivity index (χ3n) is 2.09. The molecule has 1 atom stereocenters. The molecule has 7 heteroatoms. The molecule has 0 aliphatic heterocycles. The van der Waals surface area contributed by atoms with E-state index < -0.39 is 17.7 Å². The Kier molecular flexibility index (Phi) is 4.05. The summed E-state index contributed by atoms with van der Waals surface area (Å²) in [5, 5.41) is 9.74. The van der Waals surface area contributed by atoms with E-state index >= 15 is 0 Å². The highest BCUT2D eigenvalue weighted by Crippen LogP contribution is 2.07. The molecule has 0 bridgehead atoms. The van der Waals surface area contributed by atoms with Crippen LogP contribution in [-0.2, 0) is 11.8 Å². The van der Waals surface area contributed by atoms with E-state index in [2.05, 4.69) is 15.6 Å². The molecule has 100 valence electrons. The van der Waals surface area contributed by atoms with Crippen molar-refractivity contribution in [2.24, 2.45) is 7.05 Å². The highest BCUT2D eigenvalue weighted by Gasteiger charge is 2.23. The topological polar surface area (TPSA) is 86.1 Å². The SMILES string of the molecule is C[C@@H](NC(=O)OC(C)(C)C)C(=O)c1cnnn1C. The summed E-state index contributed by atoms with van der Waals surface area (Å²) < 4.78 is 6.42. The molecule has 1 N–H and O–H groups in total. The smallest absolute Gasteiger partial charge is 0.408 e. The van der Waals surface area contributed by atoms with Gasteiger partial charge in [0.05, 0.1) is 12.2 Å². The van der Waals surface area contributed by atoms with Gasteiger partial charge in [0, 0.05) is 7.05 Å². The number of nitrogens with one attached hydrogen (secondary N) is 1. The number of hydrogen-bond donors (Lipinski definition) is 1. The summed E-state index contributed by atoms with van der Waals surface area (Å²) in [7, 11) is 1.61. The summed E-state index contributed by atoms with van der Waals surface area (Å²) in [5.74, 6) is -0.270. The van der Waals surface area contributed by atoms with Crippen molar-refractivity contribution in [3.05, 3.63) is 11.9 Å². The molecule has 0 spiro atoms. The number of amides is 1. The van der Waals surface area contributed by atoms with Gasteiger partial charge in [-0.05, 0) is 27.7 Å². The summed E-state index contributed by atoms with van der Waals surface area (Å²) in [5.41, 5.74) is -0.264. The number of Topliss-reactive ketones (excluding diaryl/α,β-unsaturated/α-hetero) is 1. The quantitative estimate of drug-likeness (QED) is 0.810. The van der Waals surface area contributed by atoms with E-state index in [0.717, 1.165) is 0 Å². The first-order valence-corrected chi connectivity index (χ1v) is 5.59. The normalized spacial score (nSPS) is 12.9. The van der Waals surface area contributed by atoms with Gasteiger partial charge in [0.15, 0.2) is 0 Å². The van der Waals surface area contributed by atoms with E-state index in [-0.39, 0.29) is 5.78 Å². The van der Waals surface area contributed by atoms with Crippen molar-refractivity contribution in [1.29, 1.82) is 0 Å². The van der Waals surface area contributed by atoms with E-state index in [1.807, 2.05) is 0 Å². The highest BCUT2D eigenvalue weighted by atomic mass is 16.6. The fraction of sp³-hybridized carbons (Fsp3) is 0.636. The molecule has 1 rings (SSSR count). The van der Waals surface area contributed by atoms with Crippen molar-refractivity contribution in [2.75, 3.05) is 0 Å². The average Bonchev–Trinajstić information content (AvgIpc) is 2.60. The standard InChI is InChI=1S/C11H18N4O3/c1-7(13-10(17)18-11(2,3)4)9(16)8-6-12-14-15(8)5/h6-7H,1-5H3,(H,13,17)/t7-/m1/s1. The fourth-order valence-corrected chi connectivity index (χ4v) is 1.28. The Labute approximate surface area is 105 Å². The molecular weight excluding hydrogens is 236 g/mol. The first-order valence-electron chi connectivity index (χ1n) is 5.59. The van der Waals surface area contributed by atoms with Gasteiger partial charge in [0.1, 0.15) is 11.3 Å². The second kappa shape index (κ2) is 5.16. The van der Waals surface area contributed by atoms with Gasteiger partial charge in [-0.15, -0.1) is 5.10 Å². The molecule has 1 amide bonds.